The first kappa shape index (κ1) is 22.9. The molecule has 2 aliphatic heterocycles. The van der Waals surface area contributed by atoms with E-state index in [1.54, 1.807) is 0 Å². The topological polar surface area (TPSA) is 19.0 Å². The number of likely N-dealkylation sites (tertiary alicyclic amines) is 1. The molecule has 2 heterocycles. The van der Waals surface area contributed by atoms with Crippen LogP contribution < -0.4 is 4.74 Å². The van der Waals surface area contributed by atoms with Crippen molar-refractivity contribution in [1.82, 2.24) is 14.7 Å². The van der Waals surface area contributed by atoms with Gasteiger partial charge in [-0.1, -0.05) is 49.6 Å². The predicted octanol–water partition coefficient (Wildman–Crippen LogP) is 5.64. The molecule has 0 unspecified atom stereocenters. The van der Waals surface area contributed by atoms with E-state index >= 15 is 0 Å². The number of piperazine rings is 1. The van der Waals surface area contributed by atoms with Gasteiger partial charge in [0.05, 0.1) is 0 Å². The molecule has 0 spiro atoms. The molecule has 2 aromatic rings. The Morgan fingerprint density at radius 1 is 0.636 bits per heavy atom. The van der Waals surface area contributed by atoms with Gasteiger partial charge in [0.25, 0.3) is 0 Å². The van der Waals surface area contributed by atoms with Gasteiger partial charge in [-0.25, -0.2) is 0 Å². The third-order valence-corrected chi connectivity index (χ3v) is 8.03. The van der Waals surface area contributed by atoms with Gasteiger partial charge < -0.3 is 9.64 Å². The van der Waals surface area contributed by atoms with Crippen LogP contribution in [0.15, 0.2) is 54.6 Å². The van der Waals surface area contributed by atoms with E-state index in [9.17, 15) is 0 Å². The van der Waals surface area contributed by atoms with Crippen LogP contribution in [0.1, 0.15) is 50.5 Å². The maximum Gasteiger partial charge on any atom is 0.127 e. The van der Waals surface area contributed by atoms with Crippen molar-refractivity contribution in [3.05, 3.63) is 60.2 Å². The summed E-state index contributed by atoms with van der Waals surface area (Å²) in [5.74, 6) is 2.78. The minimum Gasteiger partial charge on any atom is -0.457 e. The Morgan fingerprint density at radius 2 is 1.30 bits per heavy atom. The maximum atomic E-state index is 5.93. The number of piperidine rings is 1. The molecule has 0 atom stereocenters. The molecule has 2 saturated heterocycles. The zero-order chi connectivity index (χ0) is 22.3. The molecular weight excluding hydrogens is 406 g/mol. The molecule has 0 radical (unpaired) electrons. The highest BCUT2D eigenvalue weighted by atomic mass is 16.5. The summed E-state index contributed by atoms with van der Waals surface area (Å²) in [6.45, 7) is 9.97. The van der Waals surface area contributed by atoms with Crippen LogP contribution in [0.4, 0.5) is 0 Å². The smallest absolute Gasteiger partial charge is 0.127 e. The Hall–Kier alpha value is -1.88. The summed E-state index contributed by atoms with van der Waals surface area (Å²) in [6.07, 6.45) is 9.99. The first-order chi connectivity index (χ1) is 16.3. The second kappa shape index (κ2) is 11.5. The van der Waals surface area contributed by atoms with Gasteiger partial charge in [0, 0.05) is 45.3 Å². The number of benzene rings is 2. The SMILES string of the molecule is c1ccc(Oc2ccc(CN3CCC(N4CCN(CC5CCCCC5)CC4)CC3)cc2)cc1. The van der Waals surface area contributed by atoms with Crippen LogP contribution in [-0.2, 0) is 6.54 Å². The van der Waals surface area contributed by atoms with Crippen molar-refractivity contribution < 1.29 is 4.74 Å². The van der Waals surface area contributed by atoms with Gasteiger partial charge >= 0.3 is 0 Å². The molecule has 2 aromatic carbocycles. The standard InChI is InChI=1S/C29H41N3O/c1-3-7-25(8-4-1)23-31-19-21-32(22-20-31)27-15-17-30(18-16-27)24-26-11-13-29(14-12-26)33-28-9-5-2-6-10-28/h2,5-6,9-14,25,27H,1,3-4,7-8,15-24H2. The summed E-state index contributed by atoms with van der Waals surface area (Å²) in [4.78, 5) is 8.18. The molecule has 4 nitrogen and oxygen atoms in total. The number of rotatable bonds is 7. The Kier molecular flexibility index (Phi) is 7.98. The zero-order valence-corrected chi connectivity index (χ0v) is 20.2. The highest BCUT2D eigenvalue weighted by Gasteiger charge is 2.28. The third-order valence-electron chi connectivity index (χ3n) is 8.03. The average molecular weight is 448 g/mol. The summed E-state index contributed by atoms with van der Waals surface area (Å²) in [5, 5.41) is 0. The number of para-hydroxylation sites is 1. The minimum atomic E-state index is 0.791. The lowest BCUT2D eigenvalue weighted by Crippen LogP contribution is -2.53. The van der Waals surface area contributed by atoms with Crippen LogP contribution in [0.5, 0.6) is 11.5 Å². The van der Waals surface area contributed by atoms with Gasteiger partial charge in [-0.05, 0) is 74.5 Å². The second-order valence-corrected chi connectivity index (χ2v) is 10.4. The third kappa shape index (κ3) is 6.59. The summed E-state index contributed by atoms with van der Waals surface area (Å²) in [5.41, 5.74) is 1.38. The second-order valence-electron chi connectivity index (χ2n) is 10.4. The fourth-order valence-electron chi connectivity index (χ4n) is 6.03. The van der Waals surface area contributed by atoms with E-state index < -0.39 is 0 Å². The molecule has 1 aliphatic carbocycles. The molecule has 3 fully saturated rings. The molecule has 1 saturated carbocycles. The van der Waals surface area contributed by atoms with E-state index in [0.29, 0.717) is 0 Å². The quantitative estimate of drug-likeness (QED) is 0.547. The molecule has 4 heteroatoms. The Morgan fingerprint density at radius 3 is 2.00 bits per heavy atom. The lowest BCUT2D eigenvalue weighted by Gasteiger charge is -2.43. The summed E-state index contributed by atoms with van der Waals surface area (Å²) < 4.78 is 5.93. The normalized spacial score (nSPS) is 22.4. The highest BCUT2D eigenvalue weighted by molar-refractivity contribution is 5.32. The largest absolute Gasteiger partial charge is 0.457 e. The van der Waals surface area contributed by atoms with E-state index in [0.717, 1.165) is 30.0 Å². The Labute approximate surface area is 200 Å². The molecule has 3 aliphatic rings. The fourth-order valence-corrected chi connectivity index (χ4v) is 6.03. The first-order valence-corrected chi connectivity index (χ1v) is 13.3. The van der Waals surface area contributed by atoms with Crippen LogP contribution in [0, 0.1) is 5.92 Å². The molecule has 0 amide bonds. The fraction of sp³-hybridized carbons (Fsp3) is 0.586. The molecule has 0 bridgehead atoms. The van der Waals surface area contributed by atoms with E-state index in [1.807, 2.05) is 30.3 Å². The van der Waals surface area contributed by atoms with Crippen LogP contribution in [-0.4, -0.2) is 66.6 Å². The van der Waals surface area contributed by atoms with Crippen molar-refractivity contribution in [2.24, 2.45) is 5.92 Å². The van der Waals surface area contributed by atoms with Crippen molar-refractivity contribution in [3.8, 4) is 11.5 Å². The van der Waals surface area contributed by atoms with Crippen molar-refractivity contribution in [1.29, 1.82) is 0 Å². The van der Waals surface area contributed by atoms with Crippen molar-refractivity contribution in [3.63, 3.8) is 0 Å². The van der Waals surface area contributed by atoms with E-state index in [-0.39, 0.29) is 0 Å². The molecule has 33 heavy (non-hydrogen) atoms. The van der Waals surface area contributed by atoms with Crippen molar-refractivity contribution >= 4 is 0 Å². The number of hydrogen-bond acceptors (Lipinski definition) is 4. The van der Waals surface area contributed by atoms with E-state index in [4.69, 9.17) is 4.74 Å². The van der Waals surface area contributed by atoms with Crippen LogP contribution in [0.25, 0.3) is 0 Å². The zero-order valence-electron chi connectivity index (χ0n) is 20.2. The van der Waals surface area contributed by atoms with E-state index in [2.05, 4.69) is 39.0 Å². The molecule has 0 aromatic heterocycles. The van der Waals surface area contributed by atoms with Crippen LogP contribution in [0.3, 0.4) is 0 Å². The molecular formula is C29H41N3O. The van der Waals surface area contributed by atoms with Gasteiger partial charge in [-0.15, -0.1) is 0 Å². The molecule has 178 valence electrons. The maximum absolute atomic E-state index is 5.93. The van der Waals surface area contributed by atoms with E-state index in [1.165, 1.54) is 96.3 Å². The minimum absolute atomic E-state index is 0.791. The lowest BCUT2D eigenvalue weighted by atomic mass is 9.89. The molecule has 0 N–H and O–H groups in total. The van der Waals surface area contributed by atoms with Gasteiger partial charge in [0.2, 0.25) is 0 Å². The monoisotopic (exact) mass is 447 g/mol. The van der Waals surface area contributed by atoms with Crippen LogP contribution in [0.2, 0.25) is 0 Å². The van der Waals surface area contributed by atoms with Crippen molar-refractivity contribution in [2.45, 2.75) is 57.5 Å². The van der Waals surface area contributed by atoms with Crippen LogP contribution >= 0.6 is 0 Å². The van der Waals surface area contributed by atoms with Crippen molar-refractivity contribution in [2.75, 3.05) is 45.8 Å². The van der Waals surface area contributed by atoms with Gasteiger partial charge in [-0.2, -0.15) is 0 Å². The summed E-state index contributed by atoms with van der Waals surface area (Å²) in [6, 6.07) is 19.4. The average Bonchev–Trinajstić information content (AvgIpc) is 2.88. The Balaban J connectivity index is 1.02. The lowest BCUT2D eigenvalue weighted by molar-refractivity contribution is 0.0496. The summed E-state index contributed by atoms with van der Waals surface area (Å²) >= 11 is 0. The highest BCUT2D eigenvalue weighted by Crippen LogP contribution is 2.26. The number of nitrogens with zero attached hydrogens (tertiary/aromatic N) is 3. The van der Waals surface area contributed by atoms with Gasteiger partial charge in [0.1, 0.15) is 11.5 Å². The summed E-state index contributed by atoms with van der Waals surface area (Å²) in [7, 11) is 0. The predicted molar refractivity (Wildman–Crippen MR) is 136 cm³/mol. The Bertz CT molecular complexity index is 818. The van der Waals surface area contributed by atoms with Gasteiger partial charge in [-0.3, -0.25) is 9.80 Å². The number of hydrogen-bond donors (Lipinski definition) is 0. The first-order valence-electron chi connectivity index (χ1n) is 13.3. The van der Waals surface area contributed by atoms with Gasteiger partial charge in [0.15, 0.2) is 0 Å². The number of ether oxygens (including phenoxy) is 1. The molecule has 5 rings (SSSR count).